The van der Waals surface area contributed by atoms with E-state index in [0.29, 0.717) is 42.0 Å². The first kappa shape index (κ1) is 26.4. The summed E-state index contributed by atoms with van der Waals surface area (Å²) >= 11 is 6.35. The van der Waals surface area contributed by atoms with Crippen molar-refractivity contribution in [2.24, 2.45) is 5.92 Å². The van der Waals surface area contributed by atoms with Crippen molar-refractivity contribution in [3.8, 4) is 11.4 Å². The summed E-state index contributed by atoms with van der Waals surface area (Å²) in [4.78, 5) is 13.4. The summed E-state index contributed by atoms with van der Waals surface area (Å²) in [6.07, 6.45) is 6.35. The number of rotatable bonds is 8. The maximum absolute atomic E-state index is 13.4. The highest BCUT2D eigenvalue weighted by Crippen LogP contribution is 2.46. The monoisotopic (exact) mass is 533 g/mol. The minimum absolute atomic E-state index is 0.169. The molecular formula is C32H36ClNO4. The molecule has 0 saturated heterocycles. The van der Waals surface area contributed by atoms with E-state index in [0.717, 1.165) is 42.5 Å². The van der Waals surface area contributed by atoms with E-state index in [-0.39, 0.29) is 11.7 Å². The second-order valence-electron chi connectivity index (χ2n) is 10.8. The van der Waals surface area contributed by atoms with Gasteiger partial charge in [-0.05, 0) is 93.0 Å². The van der Waals surface area contributed by atoms with Crippen LogP contribution >= 0.6 is 11.6 Å². The molecule has 5 rings (SSSR count). The zero-order valence-electron chi connectivity index (χ0n) is 22.4. The third-order valence-electron chi connectivity index (χ3n) is 8.36. The smallest absolute Gasteiger partial charge is 0.338 e. The molecule has 1 saturated carbocycles. The molecule has 1 unspecified atom stereocenters. The van der Waals surface area contributed by atoms with E-state index in [4.69, 9.17) is 21.1 Å². The van der Waals surface area contributed by atoms with E-state index < -0.39 is 11.6 Å². The van der Waals surface area contributed by atoms with E-state index in [9.17, 15) is 9.90 Å². The zero-order valence-corrected chi connectivity index (χ0v) is 23.2. The van der Waals surface area contributed by atoms with Crippen molar-refractivity contribution < 1.29 is 19.4 Å². The molecule has 1 fully saturated rings. The number of hydrogen-bond donors (Lipinski definition) is 1. The molecule has 0 amide bonds. The summed E-state index contributed by atoms with van der Waals surface area (Å²) in [5, 5.41) is 11.8. The van der Waals surface area contributed by atoms with Gasteiger partial charge in [-0.3, -0.25) is 0 Å². The molecule has 2 heterocycles. The molecule has 38 heavy (non-hydrogen) atoms. The number of hydrogen-bond acceptors (Lipinski definition) is 4. The average molecular weight is 534 g/mol. The Kier molecular flexibility index (Phi) is 7.58. The second kappa shape index (κ2) is 10.9. The minimum atomic E-state index is -0.694. The van der Waals surface area contributed by atoms with Crippen LogP contribution in [0.2, 0.25) is 5.02 Å². The fourth-order valence-electron chi connectivity index (χ4n) is 6.25. The van der Waals surface area contributed by atoms with Gasteiger partial charge < -0.3 is 19.1 Å². The number of aromatic nitrogens is 1. The van der Waals surface area contributed by atoms with E-state index in [1.54, 1.807) is 7.11 Å². The molecule has 0 bridgehead atoms. The maximum atomic E-state index is 13.4. The van der Waals surface area contributed by atoms with Gasteiger partial charge in [0.1, 0.15) is 17.1 Å². The average Bonchev–Trinajstić information content (AvgIpc) is 3.56. The first-order chi connectivity index (χ1) is 18.3. The largest absolute Gasteiger partial charge is 0.512 e. The van der Waals surface area contributed by atoms with Gasteiger partial charge in [-0.1, -0.05) is 42.6 Å². The maximum Gasteiger partial charge on any atom is 0.338 e. The fourth-order valence-corrected chi connectivity index (χ4v) is 6.53. The van der Waals surface area contributed by atoms with Gasteiger partial charge in [0.05, 0.1) is 17.7 Å². The number of halogens is 1. The van der Waals surface area contributed by atoms with Crippen LogP contribution in [0.1, 0.15) is 61.0 Å². The van der Waals surface area contributed by atoms with Crippen LogP contribution in [0, 0.1) is 19.8 Å². The van der Waals surface area contributed by atoms with Crippen molar-refractivity contribution in [3.63, 3.8) is 0 Å². The molecule has 1 aliphatic carbocycles. The number of aryl methyl sites for hydroxylation is 3. The van der Waals surface area contributed by atoms with Crippen LogP contribution in [-0.4, -0.2) is 28.4 Å². The van der Waals surface area contributed by atoms with Crippen LogP contribution in [-0.2, 0) is 22.4 Å². The summed E-state index contributed by atoms with van der Waals surface area (Å²) in [6.45, 7) is 4.17. The lowest BCUT2D eigenvalue weighted by atomic mass is 9.76. The molecular weight excluding hydrogens is 498 g/mol. The van der Waals surface area contributed by atoms with Gasteiger partial charge in [-0.2, -0.15) is 0 Å². The summed E-state index contributed by atoms with van der Waals surface area (Å²) in [6, 6.07) is 18.1. The van der Waals surface area contributed by atoms with Gasteiger partial charge in [-0.25, -0.2) is 4.79 Å². The molecule has 5 nitrogen and oxygen atoms in total. The molecule has 1 N–H and O–H groups in total. The Morgan fingerprint density at radius 3 is 2.29 bits per heavy atom. The summed E-state index contributed by atoms with van der Waals surface area (Å²) in [5.41, 5.74) is 5.13. The number of aliphatic hydroxyl groups excluding tert-OH is 1. The number of carbonyl (C=O) groups is 1. The van der Waals surface area contributed by atoms with Crippen molar-refractivity contribution in [2.45, 2.75) is 70.8 Å². The van der Waals surface area contributed by atoms with E-state index in [1.165, 1.54) is 11.4 Å². The number of methoxy groups -OCH3 is 1. The molecule has 1 aliphatic heterocycles. The number of ether oxygens (including phenoxy) is 2. The quantitative estimate of drug-likeness (QED) is 0.302. The first-order valence-electron chi connectivity index (χ1n) is 13.5. The van der Waals surface area contributed by atoms with Crippen LogP contribution in [0.5, 0.6) is 5.75 Å². The molecule has 0 radical (unpaired) electrons. The SMILES string of the molecule is COc1ccc(CCC2(C3CCCC3)CC(O)=C(Cc3ccc(-n4c(C)ccc4C)cc3)C(=O)O2)cc1Cl. The van der Waals surface area contributed by atoms with Crippen molar-refractivity contribution in [1.29, 1.82) is 0 Å². The first-order valence-corrected chi connectivity index (χ1v) is 13.9. The Morgan fingerprint density at radius 1 is 1.03 bits per heavy atom. The third kappa shape index (κ3) is 5.22. The molecule has 6 heteroatoms. The van der Waals surface area contributed by atoms with Crippen LogP contribution in [0.15, 0.2) is 65.9 Å². The molecule has 3 aromatic rings. The number of benzene rings is 2. The van der Waals surface area contributed by atoms with Gasteiger partial charge in [-0.15, -0.1) is 0 Å². The lowest BCUT2D eigenvalue weighted by molar-refractivity contribution is -0.167. The van der Waals surface area contributed by atoms with Crippen molar-refractivity contribution >= 4 is 17.6 Å². The summed E-state index contributed by atoms with van der Waals surface area (Å²) < 4.78 is 13.8. The Bertz CT molecular complexity index is 1330. The van der Waals surface area contributed by atoms with Gasteiger partial charge in [0, 0.05) is 29.9 Å². The fraction of sp³-hybridized carbons (Fsp3) is 0.406. The number of nitrogens with zero attached hydrogens (tertiary/aromatic N) is 1. The highest BCUT2D eigenvalue weighted by Gasteiger charge is 2.48. The van der Waals surface area contributed by atoms with Crippen molar-refractivity contribution in [2.75, 3.05) is 7.11 Å². The Balaban J connectivity index is 1.35. The lowest BCUT2D eigenvalue weighted by Gasteiger charge is -2.42. The molecule has 200 valence electrons. The molecule has 1 aromatic heterocycles. The topological polar surface area (TPSA) is 60.7 Å². The zero-order chi connectivity index (χ0) is 26.9. The number of cyclic esters (lactones) is 1. The minimum Gasteiger partial charge on any atom is -0.512 e. The van der Waals surface area contributed by atoms with Crippen LogP contribution in [0.4, 0.5) is 0 Å². The molecule has 2 aromatic carbocycles. The number of carbonyl (C=O) groups excluding carboxylic acids is 1. The Hall–Kier alpha value is -3.18. The van der Waals surface area contributed by atoms with Crippen LogP contribution < -0.4 is 4.74 Å². The predicted molar refractivity (Wildman–Crippen MR) is 150 cm³/mol. The highest BCUT2D eigenvalue weighted by molar-refractivity contribution is 6.32. The van der Waals surface area contributed by atoms with E-state index in [2.05, 4.69) is 42.7 Å². The molecule has 0 spiro atoms. The van der Waals surface area contributed by atoms with E-state index in [1.807, 2.05) is 30.3 Å². The number of esters is 1. The normalized spacial score (nSPS) is 20.2. The highest BCUT2D eigenvalue weighted by atomic mass is 35.5. The standard InChI is InChI=1S/C32H36ClNO4/c1-21-8-9-22(2)34(21)26-13-10-23(11-14-26)18-27-29(35)20-32(38-31(27)36,25-6-4-5-7-25)17-16-24-12-15-30(37-3)28(33)19-24/h8-15,19,25,35H,4-7,16-18,20H2,1-3H3. The summed E-state index contributed by atoms with van der Waals surface area (Å²) in [7, 11) is 1.60. The summed E-state index contributed by atoms with van der Waals surface area (Å²) in [5.74, 6) is 0.662. The molecule has 1 atom stereocenters. The van der Waals surface area contributed by atoms with Crippen molar-refractivity contribution in [3.05, 3.63) is 93.5 Å². The van der Waals surface area contributed by atoms with Crippen LogP contribution in [0.25, 0.3) is 5.69 Å². The number of aliphatic hydroxyl groups is 1. The van der Waals surface area contributed by atoms with Crippen molar-refractivity contribution in [1.82, 2.24) is 4.57 Å². The van der Waals surface area contributed by atoms with E-state index >= 15 is 0 Å². The van der Waals surface area contributed by atoms with Crippen LogP contribution in [0.3, 0.4) is 0 Å². The molecule has 2 aliphatic rings. The van der Waals surface area contributed by atoms with Gasteiger partial charge in [0.2, 0.25) is 0 Å². The van der Waals surface area contributed by atoms with Gasteiger partial charge in [0.25, 0.3) is 0 Å². The van der Waals surface area contributed by atoms with Gasteiger partial charge >= 0.3 is 5.97 Å². The second-order valence-corrected chi connectivity index (χ2v) is 11.2. The lowest BCUT2D eigenvalue weighted by Crippen LogP contribution is -2.46. The third-order valence-corrected chi connectivity index (χ3v) is 8.65. The van der Waals surface area contributed by atoms with Gasteiger partial charge in [0.15, 0.2) is 0 Å². The Labute approximate surface area is 230 Å². The Morgan fingerprint density at radius 2 is 1.68 bits per heavy atom. The predicted octanol–water partition coefficient (Wildman–Crippen LogP) is 7.62.